The lowest BCUT2D eigenvalue weighted by Gasteiger charge is -2.11. The largest absolute Gasteiger partial charge is 0.326 e. The number of fused-ring (bicyclic) bond motifs is 1. The van der Waals surface area contributed by atoms with Gasteiger partial charge in [0.15, 0.2) is 5.11 Å². The Balaban J connectivity index is 1.47. The molecule has 0 aliphatic heterocycles. The lowest BCUT2D eigenvalue weighted by Crippen LogP contribution is -2.48. The van der Waals surface area contributed by atoms with Crippen LogP contribution in [0.15, 0.2) is 72.8 Å². The van der Waals surface area contributed by atoms with Gasteiger partial charge in [0, 0.05) is 23.7 Å². The number of hydrogen-bond donors (Lipinski definition) is 4. The van der Waals surface area contributed by atoms with E-state index in [0.717, 1.165) is 16.3 Å². The van der Waals surface area contributed by atoms with Crippen LogP contribution in [0.1, 0.15) is 36.2 Å². The SMILES string of the molecule is CC(C)CC(=O)Nc1ccc(C(=O)NNC(=S)NC(=O)C=Cc2cccc3ccccc23)cc1. The average molecular weight is 475 g/mol. The van der Waals surface area contributed by atoms with E-state index in [1.165, 1.54) is 6.08 Å². The Kier molecular flexibility index (Phi) is 8.48. The summed E-state index contributed by atoms with van der Waals surface area (Å²) in [5.74, 6) is -0.692. The van der Waals surface area contributed by atoms with Crippen molar-refractivity contribution in [3.05, 3.63) is 83.9 Å². The van der Waals surface area contributed by atoms with E-state index >= 15 is 0 Å². The highest BCUT2D eigenvalue weighted by Crippen LogP contribution is 2.19. The molecule has 34 heavy (non-hydrogen) atoms. The molecule has 0 aliphatic rings. The van der Waals surface area contributed by atoms with E-state index in [2.05, 4.69) is 21.5 Å². The summed E-state index contributed by atoms with van der Waals surface area (Å²) < 4.78 is 0. The molecule has 0 aliphatic carbocycles. The molecule has 0 heterocycles. The molecule has 0 fully saturated rings. The first-order valence-corrected chi connectivity index (χ1v) is 11.2. The number of rotatable bonds is 6. The van der Waals surface area contributed by atoms with Crippen molar-refractivity contribution in [3.8, 4) is 0 Å². The average Bonchev–Trinajstić information content (AvgIpc) is 2.81. The molecule has 7 nitrogen and oxygen atoms in total. The molecular formula is C26H26N4O3S. The third-order valence-corrected chi connectivity index (χ3v) is 4.99. The molecule has 0 unspecified atom stereocenters. The number of anilines is 1. The van der Waals surface area contributed by atoms with Gasteiger partial charge in [0.1, 0.15) is 0 Å². The van der Waals surface area contributed by atoms with Crippen LogP contribution in [-0.4, -0.2) is 22.8 Å². The van der Waals surface area contributed by atoms with Gasteiger partial charge in [0.05, 0.1) is 0 Å². The van der Waals surface area contributed by atoms with Crippen molar-refractivity contribution in [2.75, 3.05) is 5.32 Å². The Labute approximate surface area is 203 Å². The molecule has 8 heteroatoms. The van der Waals surface area contributed by atoms with Crippen molar-refractivity contribution < 1.29 is 14.4 Å². The maximum Gasteiger partial charge on any atom is 0.269 e. The topological polar surface area (TPSA) is 99.3 Å². The molecule has 3 amide bonds. The zero-order valence-electron chi connectivity index (χ0n) is 18.9. The summed E-state index contributed by atoms with van der Waals surface area (Å²) in [5.41, 5.74) is 6.81. The van der Waals surface area contributed by atoms with Crippen LogP contribution in [-0.2, 0) is 9.59 Å². The predicted molar refractivity (Wildman–Crippen MR) is 139 cm³/mol. The zero-order chi connectivity index (χ0) is 24.5. The molecule has 3 aromatic rings. The zero-order valence-corrected chi connectivity index (χ0v) is 19.7. The van der Waals surface area contributed by atoms with Gasteiger partial charge < -0.3 is 5.32 Å². The second-order valence-corrected chi connectivity index (χ2v) is 8.43. The van der Waals surface area contributed by atoms with Gasteiger partial charge in [-0.25, -0.2) is 0 Å². The predicted octanol–water partition coefficient (Wildman–Crippen LogP) is 4.17. The summed E-state index contributed by atoms with van der Waals surface area (Å²) in [4.78, 5) is 36.3. The molecular weight excluding hydrogens is 448 g/mol. The molecule has 0 atom stereocenters. The van der Waals surface area contributed by atoms with Crippen molar-refractivity contribution in [2.24, 2.45) is 5.92 Å². The monoisotopic (exact) mass is 474 g/mol. The minimum absolute atomic E-state index is 0.0431. The fraction of sp³-hybridized carbons (Fsp3) is 0.154. The van der Waals surface area contributed by atoms with Crippen LogP contribution >= 0.6 is 12.2 Å². The normalized spacial score (nSPS) is 10.8. The number of thiocarbonyl (C=S) groups is 1. The molecule has 0 radical (unpaired) electrons. The number of carbonyl (C=O) groups is 3. The maximum atomic E-state index is 12.3. The summed E-state index contributed by atoms with van der Waals surface area (Å²) >= 11 is 5.07. The van der Waals surface area contributed by atoms with Crippen LogP contribution in [0, 0.1) is 5.92 Å². The van der Waals surface area contributed by atoms with Gasteiger partial charge in [-0.1, -0.05) is 56.3 Å². The van der Waals surface area contributed by atoms with Crippen molar-refractivity contribution in [3.63, 3.8) is 0 Å². The highest BCUT2D eigenvalue weighted by Gasteiger charge is 2.09. The number of benzene rings is 3. The molecule has 0 aromatic heterocycles. The van der Waals surface area contributed by atoms with E-state index in [-0.39, 0.29) is 16.9 Å². The van der Waals surface area contributed by atoms with Gasteiger partial charge in [-0.15, -0.1) is 0 Å². The molecule has 0 bridgehead atoms. The fourth-order valence-corrected chi connectivity index (χ4v) is 3.37. The van der Waals surface area contributed by atoms with Gasteiger partial charge in [-0.05, 0) is 64.8 Å². The van der Waals surface area contributed by atoms with Crippen LogP contribution in [0.2, 0.25) is 0 Å². The second-order valence-electron chi connectivity index (χ2n) is 8.02. The molecule has 3 aromatic carbocycles. The third kappa shape index (κ3) is 7.25. The van der Waals surface area contributed by atoms with Gasteiger partial charge in [0.25, 0.3) is 5.91 Å². The molecule has 4 N–H and O–H groups in total. The minimum Gasteiger partial charge on any atom is -0.326 e. The van der Waals surface area contributed by atoms with Crippen LogP contribution in [0.4, 0.5) is 5.69 Å². The summed E-state index contributed by atoms with van der Waals surface area (Å²) in [6.45, 7) is 3.93. The third-order valence-electron chi connectivity index (χ3n) is 4.79. The van der Waals surface area contributed by atoms with E-state index in [1.807, 2.05) is 56.3 Å². The number of hydrazine groups is 1. The van der Waals surface area contributed by atoms with E-state index in [9.17, 15) is 14.4 Å². The first kappa shape index (κ1) is 24.6. The summed E-state index contributed by atoms with van der Waals surface area (Å²) in [5, 5.41) is 7.34. The van der Waals surface area contributed by atoms with E-state index in [0.29, 0.717) is 17.7 Å². The van der Waals surface area contributed by atoms with Gasteiger partial charge in [0.2, 0.25) is 11.8 Å². The van der Waals surface area contributed by atoms with Crippen LogP contribution in [0.25, 0.3) is 16.8 Å². The maximum absolute atomic E-state index is 12.3. The molecule has 0 saturated heterocycles. The Morgan fingerprint density at radius 2 is 1.62 bits per heavy atom. The first-order valence-electron chi connectivity index (χ1n) is 10.8. The van der Waals surface area contributed by atoms with Gasteiger partial charge in [-0.3, -0.25) is 30.6 Å². The van der Waals surface area contributed by atoms with Crippen molar-refractivity contribution in [1.29, 1.82) is 0 Å². The molecule has 174 valence electrons. The standard InChI is InChI=1S/C26H26N4O3S/c1-17(2)16-24(32)27-21-13-10-20(11-14-21)25(33)29-30-26(34)28-23(31)15-12-19-8-5-7-18-6-3-4-9-22(18)19/h3-15,17H,16H2,1-2H3,(H,27,32)(H,29,33)(H2,28,30,31,34). The minimum atomic E-state index is -0.442. The highest BCUT2D eigenvalue weighted by atomic mass is 32.1. The van der Waals surface area contributed by atoms with Crippen LogP contribution < -0.4 is 21.5 Å². The molecule has 3 rings (SSSR count). The van der Waals surface area contributed by atoms with E-state index in [4.69, 9.17) is 12.2 Å². The van der Waals surface area contributed by atoms with Crippen molar-refractivity contribution >= 4 is 57.6 Å². The van der Waals surface area contributed by atoms with Crippen molar-refractivity contribution in [1.82, 2.24) is 16.2 Å². The quantitative estimate of drug-likeness (QED) is 0.244. The Morgan fingerprint density at radius 1 is 0.912 bits per heavy atom. The van der Waals surface area contributed by atoms with E-state index in [1.54, 1.807) is 30.3 Å². The number of hydrogen-bond acceptors (Lipinski definition) is 4. The van der Waals surface area contributed by atoms with E-state index < -0.39 is 11.8 Å². The lowest BCUT2D eigenvalue weighted by atomic mass is 10.0. The smallest absolute Gasteiger partial charge is 0.269 e. The molecule has 0 saturated carbocycles. The summed E-state index contributed by atoms with van der Waals surface area (Å²) in [6.07, 6.45) is 3.51. The lowest BCUT2D eigenvalue weighted by molar-refractivity contribution is -0.117. The molecule has 0 spiro atoms. The summed E-state index contributed by atoms with van der Waals surface area (Å²) in [6, 6.07) is 20.2. The van der Waals surface area contributed by atoms with Crippen molar-refractivity contribution in [2.45, 2.75) is 20.3 Å². The Morgan fingerprint density at radius 3 is 2.35 bits per heavy atom. The fourth-order valence-electron chi connectivity index (χ4n) is 3.22. The Bertz CT molecular complexity index is 1230. The number of nitrogens with one attached hydrogen (secondary N) is 4. The Hall–Kier alpha value is -4.04. The van der Waals surface area contributed by atoms with Gasteiger partial charge >= 0.3 is 0 Å². The highest BCUT2D eigenvalue weighted by molar-refractivity contribution is 7.80. The summed E-state index contributed by atoms with van der Waals surface area (Å²) in [7, 11) is 0. The second kappa shape index (κ2) is 11.7. The van der Waals surface area contributed by atoms with Crippen LogP contribution in [0.5, 0.6) is 0 Å². The number of amides is 3. The van der Waals surface area contributed by atoms with Gasteiger partial charge in [-0.2, -0.15) is 0 Å². The first-order chi connectivity index (χ1) is 16.3. The van der Waals surface area contributed by atoms with Crippen LogP contribution in [0.3, 0.4) is 0 Å². The number of carbonyl (C=O) groups excluding carboxylic acids is 3.